The van der Waals surface area contributed by atoms with Crippen molar-refractivity contribution in [1.29, 1.82) is 0 Å². The van der Waals surface area contributed by atoms with Gasteiger partial charge in [-0.05, 0) is 109 Å². The lowest BCUT2D eigenvalue weighted by Gasteiger charge is -2.74. The molecule has 5 saturated carbocycles. The first-order valence-electron chi connectivity index (χ1n) is 14.1. The van der Waals surface area contributed by atoms with Crippen LogP contribution in [0.15, 0.2) is 0 Å². The van der Waals surface area contributed by atoms with E-state index in [1.54, 1.807) is 0 Å². The Morgan fingerprint density at radius 1 is 0.794 bits per heavy atom. The smallest absolute Gasteiger partial charge is 0.293 e. The van der Waals surface area contributed by atoms with Crippen molar-refractivity contribution in [2.24, 2.45) is 50.7 Å². The van der Waals surface area contributed by atoms with E-state index in [0.29, 0.717) is 18.3 Å². The van der Waals surface area contributed by atoms with Crippen LogP contribution in [0.25, 0.3) is 0 Å². The highest BCUT2D eigenvalue weighted by atomic mass is 16.5. The second kappa shape index (κ2) is 7.46. The zero-order valence-corrected chi connectivity index (χ0v) is 22.8. The molecule has 5 rings (SSSR count). The zero-order chi connectivity index (χ0) is 24.9. The average Bonchev–Trinajstić information content (AvgIpc) is 2.74. The highest BCUT2D eigenvalue weighted by molar-refractivity contribution is 5.39. The molecule has 194 valence electrons. The summed E-state index contributed by atoms with van der Waals surface area (Å²) >= 11 is 0. The normalized spacial score (nSPS) is 55.7. The summed E-state index contributed by atoms with van der Waals surface area (Å²) in [5.74, 6) is 1.34. The molecule has 0 saturated heterocycles. The molecule has 0 amide bonds. The lowest BCUT2D eigenvalue weighted by molar-refractivity contribution is -0.288. The van der Waals surface area contributed by atoms with Gasteiger partial charge in [0, 0.05) is 5.92 Å². The molecule has 10 atom stereocenters. The average molecular weight is 475 g/mol. The van der Waals surface area contributed by atoms with Crippen LogP contribution in [0.2, 0.25) is 0 Å². The molecule has 0 bridgehead atoms. The second-order valence-corrected chi connectivity index (χ2v) is 15.4. The fourth-order valence-corrected chi connectivity index (χ4v) is 11.3. The fourth-order valence-electron chi connectivity index (χ4n) is 11.3. The van der Waals surface area contributed by atoms with Crippen LogP contribution in [-0.2, 0) is 9.53 Å². The Morgan fingerprint density at radius 2 is 1.47 bits per heavy atom. The molecule has 0 aromatic carbocycles. The van der Waals surface area contributed by atoms with Crippen LogP contribution in [0.3, 0.4) is 0 Å². The molecule has 4 nitrogen and oxygen atoms in total. The minimum Gasteiger partial charge on any atom is -0.461 e. The first-order valence-corrected chi connectivity index (χ1v) is 14.1. The van der Waals surface area contributed by atoms with E-state index in [9.17, 15) is 15.0 Å². The van der Waals surface area contributed by atoms with Crippen molar-refractivity contribution in [3.63, 3.8) is 0 Å². The molecule has 5 aliphatic carbocycles. The maximum absolute atomic E-state index is 12.0. The van der Waals surface area contributed by atoms with Crippen molar-refractivity contribution in [3.05, 3.63) is 0 Å². The lowest BCUT2D eigenvalue weighted by Crippen LogP contribution is -2.71. The summed E-state index contributed by atoms with van der Waals surface area (Å²) in [6.07, 6.45) is 9.52. The van der Waals surface area contributed by atoms with Gasteiger partial charge in [0.15, 0.2) is 0 Å². The summed E-state index contributed by atoms with van der Waals surface area (Å²) in [4.78, 5) is 11.7. The molecule has 5 aliphatic rings. The Bertz CT molecular complexity index is 836. The van der Waals surface area contributed by atoms with Crippen molar-refractivity contribution in [3.8, 4) is 0 Å². The van der Waals surface area contributed by atoms with Crippen LogP contribution in [0, 0.1) is 50.7 Å². The van der Waals surface area contributed by atoms with Crippen molar-refractivity contribution in [2.45, 2.75) is 130 Å². The third-order valence-corrected chi connectivity index (χ3v) is 13.4. The number of hydrogen-bond acceptors (Lipinski definition) is 4. The van der Waals surface area contributed by atoms with Gasteiger partial charge in [0.2, 0.25) is 0 Å². The largest absolute Gasteiger partial charge is 0.461 e. The number of carbonyl (C=O) groups excluding carboxylic acids is 1. The third-order valence-electron chi connectivity index (χ3n) is 13.4. The Balaban J connectivity index is 1.57. The molecule has 0 aromatic rings. The summed E-state index contributed by atoms with van der Waals surface area (Å²) in [6, 6.07) is 0. The van der Waals surface area contributed by atoms with Gasteiger partial charge in [0.1, 0.15) is 5.60 Å². The van der Waals surface area contributed by atoms with Gasteiger partial charge in [-0.2, -0.15) is 0 Å². The van der Waals surface area contributed by atoms with Crippen LogP contribution < -0.4 is 0 Å². The molecule has 4 heteroatoms. The van der Waals surface area contributed by atoms with Gasteiger partial charge < -0.3 is 14.9 Å². The number of hydrogen-bond donors (Lipinski definition) is 2. The minimum absolute atomic E-state index is 0.0251. The molecule has 0 radical (unpaired) electrons. The van der Waals surface area contributed by atoms with Crippen molar-refractivity contribution in [1.82, 2.24) is 0 Å². The van der Waals surface area contributed by atoms with Gasteiger partial charge in [0.25, 0.3) is 6.47 Å². The van der Waals surface area contributed by atoms with E-state index in [4.69, 9.17) is 4.74 Å². The molecule has 2 unspecified atom stereocenters. The van der Waals surface area contributed by atoms with Gasteiger partial charge >= 0.3 is 0 Å². The first-order chi connectivity index (χ1) is 15.7. The number of aliphatic hydroxyl groups is 2. The SMILES string of the molecule is CC1(C)CC[C@]2(OC=O)CC[C@]3(C)C(C2C1)[C@H](O)C[C@@H]1[C@@]2(C)CC[C@H](O)C(C)(C)[C@@H]2CC[C@]13C. The van der Waals surface area contributed by atoms with Crippen molar-refractivity contribution >= 4 is 6.47 Å². The Kier molecular flexibility index (Phi) is 5.50. The topological polar surface area (TPSA) is 66.8 Å². The van der Waals surface area contributed by atoms with Crippen LogP contribution >= 0.6 is 0 Å². The Hall–Kier alpha value is -0.610. The predicted octanol–water partition coefficient (Wildman–Crippen LogP) is 6.13. The van der Waals surface area contributed by atoms with E-state index >= 15 is 0 Å². The number of ether oxygens (including phenoxy) is 1. The van der Waals surface area contributed by atoms with E-state index in [1.807, 2.05) is 0 Å². The molecule has 34 heavy (non-hydrogen) atoms. The zero-order valence-electron chi connectivity index (χ0n) is 22.8. The Morgan fingerprint density at radius 3 is 2.15 bits per heavy atom. The highest BCUT2D eigenvalue weighted by Gasteiger charge is 2.72. The van der Waals surface area contributed by atoms with Crippen LogP contribution in [0.4, 0.5) is 0 Å². The summed E-state index contributed by atoms with van der Waals surface area (Å²) in [6.45, 7) is 17.5. The number of fused-ring (bicyclic) bond motifs is 7. The number of carbonyl (C=O) groups is 1. The standard InChI is InChI=1S/C30H50O4/c1-25(2)12-14-30(34-18-31)15-13-29(7)24(19(30)17-25)20(32)16-22-27(5)10-9-23(33)26(3,4)21(27)8-11-28(22,29)6/h18-24,32-33H,8-17H2,1-7H3/t19?,20-,21+,22-,23+,24?,27+,28-,29-,30+/m1/s1. The maximum Gasteiger partial charge on any atom is 0.293 e. The molecule has 0 aromatic heterocycles. The van der Waals surface area contributed by atoms with Gasteiger partial charge in [-0.15, -0.1) is 0 Å². The molecular formula is C30H50O4. The van der Waals surface area contributed by atoms with E-state index in [1.165, 1.54) is 6.42 Å². The van der Waals surface area contributed by atoms with Gasteiger partial charge in [-0.25, -0.2) is 0 Å². The number of rotatable bonds is 2. The molecule has 0 aliphatic heterocycles. The summed E-state index contributed by atoms with van der Waals surface area (Å²) in [7, 11) is 0. The second-order valence-electron chi connectivity index (χ2n) is 15.4. The van der Waals surface area contributed by atoms with E-state index in [-0.39, 0.29) is 51.1 Å². The number of aliphatic hydroxyl groups excluding tert-OH is 2. The lowest BCUT2D eigenvalue weighted by atomic mass is 9.32. The monoisotopic (exact) mass is 474 g/mol. The van der Waals surface area contributed by atoms with Crippen LogP contribution in [0.1, 0.15) is 113 Å². The Labute approximate surface area is 207 Å². The fraction of sp³-hybridized carbons (Fsp3) is 0.967. The predicted molar refractivity (Wildman–Crippen MR) is 134 cm³/mol. The first kappa shape index (κ1) is 25.1. The quantitative estimate of drug-likeness (QED) is 0.473. The van der Waals surface area contributed by atoms with Gasteiger partial charge in [-0.3, -0.25) is 4.79 Å². The van der Waals surface area contributed by atoms with Crippen LogP contribution in [-0.4, -0.2) is 34.5 Å². The van der Waals surface area contributed by atoms with E-state index in [0.717, 1.165) is 57.8 Å². The van der Waals surface area contributed by atoms with Gasteiger partial charge in [-0.1, -0.05) is 48.5 Å². The third kappa shape index (κ3) is 3.06. The van der Waals surface area contributed by atoms with Crippen LogP contribution in [0.5, 0.6) is 0 Å². The summed E-state index contributed by atoms with van der Waals surface area (Å²) in [5, 5.41) is 22.9. The molecule has 2 N–H and O–H groups in total. The highest BCUT2D eigenvalue weighted by Crippen LogP contribution is 2.76. The van der Waals surface area contributed by atoms with E-state index < -0.39 is 5.60 Å². The van der Waals surface area contributed by atoms with Crippen molar-refractivity contribution in [2.75, 3.05) is 0 Å². The summed E-state index contributed by atoms with van der Waals surface area (Å²) in [5.41, 5.74) is 0.0497. The van der Waals surface area contributed by atoms with E-state index in [2.05, 4.69) is 48.5 Å². The van der Waals surface area contributed by atoms with Gasteiger partial charge in [0.05, 0.1) is 12.2 Å². The minimum atomic E-state index is -0.399. The molecule has 5 fully saturated rings. The maximum atomic E-state index is 12.0. The summed E-state index contributed by atoms with van der Waals surface area (Å²) < 4.78 is 6.00. The van der Waals surface area contributed by atoms with Crippen molar-refractivity contribution < 1.29 is 19.7 Å². The molecular weight excluding hydrogens is 424 g/mol. The molecule has 0 heterocycles. The molecule has 0 spiro atoms.